The highest BCUT2D eigenvalue weighted by Crippen LogP contribution is 2.29. The monoisotopic (exact) mass is 526 g/mol. The second-order valence-electron chi connectivity index (χ2n) is 8.95. The SMILES string of the molecule is CC(C#N)NC(=O)c1cccc(-c2cc(-c3ccc(CN(C(=O)C(F)(F)F)C4CCOCC4)cc3)on2)c1. The largest absolute Gasteiger partial charge is 0.471 e. The third-order valence-electron chi connectivity index (χ3n) is 6.20. The lowest BCUT2D eigenvalue weighted by atomic mass is 10.0. The number of halogens is 3. The van der Waals surface area contributed by atoms with Crippen LogP contribution in [0.25, 0.3) is 22.6 Å². The smallest absolute Gasteiger partial charge is 0.381 e. The Hall–Kier alpha value is -4.17. The van der Waals surface area contributed by atoms with Crippen LogP contribution < -0.4 is 5.32 Å². The highest BCUT2D eigenvalue weighted by Gasteiger charge is 2.44. The molecule has 2 aromatic carbocycles. The molecule has 1 aromatic heterocycles. The summed E-state index contributed by atoms with van der Waals surface area (Å²) in [6, 6.07) is 15.8. The number of alkyl halides is 3. The lowest BCUT2D eigenvalue weighted by Gasteiger charge is -2.34. The number of carbonyl (C=O) groups is 2. The van der Waals surface area contributed by atoms with Gasteiger partial charge in [0.1, 0.15) is 11.7 Å². The van der Waals surface area contributed by atoms with Crippen LogP contribution in [0, 0.1) is 11.3 Å². The van der Waals surface area contributed by atoms with Crippen LogP contribution in [0.5, 0.6) is 0 Å². The summed E-state index contributed by atoms with van der Waals surface area (Å²) in [5.41, 5.74) is 2.66. The molecule has 38 heavy (non-hydrogen) atoms. The average molecular weight is 527 g/mol. The fraction of sp³-hybridized carbons (Fsp3) is 0.333. The summed E-state index contributed by atoms with van der Waals surface area (Å²) < 4.78 is 50.4. The summed E-state index contributed by atoms with van der Waals surface area (Å²) in [6.45, 7) is 2.02. The van der Waals surface area contributed by atoms with E-state index in [-0.39, 0.29) is 12.5 Å². The molecule has 1 N–H and O–H groups in total. The van der Waals surface area contributed by atoms with E-state index in [1.54, 1.807) is 61.5 Å². The van der Waals surface area contributed by atoms with Crippen LogP contribution in [-0.2, 0) is 16.1 Å². The number of aromatic nitrogens is 1. The van der Waals surface area contributed by atoms with Gasteiger partial charge in [-0.15, -0.1) is 0 Å². The summed E-state index contributed by atoms with van der Waals surface area (Å²) in [7, 11) is 0. The Balaban J connectivity index is 1.49. The molecule has 1 fully saturated rings. The average Bonchev–Trinajstić information content (AvgIpc) is 3.42. The van der Waals surface area contributed by atoms with Gasteiger partial charge in [-0.3, -0.25) is 9.59 Å². The van der Waals surface area contributed by atoms with Crippen LogP contribution in [-0.4, -0.2) is 53.3 Å². The van der Waals surface area contributed by atoms with Crippen molar-refractivity contribution in [3.63, 3.8) is 0 Å². The molecule has 1 aliphatic heterocycles. The lowest BCUT2D eigenvalue weighted by Crippen LogP contribution is -2.48. The number of benzene rings is 2. The van der Waals surface area contributed by atoms with Crippen LogP contribution >= 0.6 is 0 Å². The number of nitrogens with one attached hydrogen (secondary N) is 1. The van der Waals surface area contributed by atoms with Gasteiger partial charge in [0.05, 0.1) is 6.07 Å². The third kappa shape index (κ3) is 6.39. The molecule has 0 aliphatic carbocycles. The highest BCUT2D eigenvalue weighted by atomic mass is 19.4. The molecule has 1 saturated heterocycles. The molecule has 1 aliphatic rings. The van der Waals surface area contributed by atoms with E-state index >= 15 is 0 Å². The normalized spacial score (nSPS) is 14.9. The summed E-state index contributed by atoms with van der Waals surface area (Å²) in [4.78, 5) is 25.3. The molecular formula is C27H25F3N4O4. The maximum atomic E-state index is 13.2. The summed E-state index contributed by atoms with van der Waals surface area (Å²) in [5.74, 6) is -1.82. The van der Waals surface area contributed by atoms with Crippen LogP contribution in [0.2, 0.25) is 0 Å². The van der Waals surface area contributed by atoms with Crippen molar-refractivity contribution < 1.29 is 32.0 Å². The quantitative estimate of drug-likeness (QED) is 0.477. The summed E-state index contributed by atoms with van der Waals surface area (Å²) in [5, 5.41) is 15.5. The number of amides is 2. The number of ether oxygens (including phenoxy) is 1. The van der Waals surface area contributed by atoms with Crippen molar-refractivity contribution in [1.29, 1.82) is 5.26 Å². The van der Waals surface area contributed by atoms with Gasteiger partial charge < -0.3 is 19.5 Å². The molecule has 4 rings (SSSR count). The second-order valence-corrected chi connectivity index (χ2v) is 8.95. The van der Waals surface area contributed by atoms with E-state index in [2.05, 4.69) is 10.5 Å². The minimum Gasteiger partial charge on any atom is -0.381 e. The van der Waals surface area contributed by atoms with Crippen LogP contribution in [0.1, 0.15) is 35.7 Å². The second kappa shape index (κ2) is 11.5. The highest BCUT2D eigenvalue weighted by molar-refractivity contribution is 5.95. The molecule has 11 heteroatoms. The first-order valence-electron chi connectivity index (χ1n) is 12.0. The molecule has 0 saturated carbocycles. The van der Waals surface area contributed by atoms with Gasteiger partial charge in [-0.05, 0) is 37.5 Å². The van der Waals surface area contributed by atoms with E-state index in [0.717, 1.165) is 4.90 Å². The predicted octanol–water partition coefficient (Wildman–Crippen LogP) is 4.72. The molecule has 0 radical (unpaired) electrons. The summed E-state index contributed by atoms with van der Waals surface area (Å²) >= 11 is 0. The van der Waals surface area contributed by atoms with Crippen molar-refractivity contribution in [1.82, 2.24) is 15.4 Å². The van der Waals surface area contributed by atoms with E-state index in [0.29, 0.717) is 59.8 Å². The van der Waals surface area contributed by atoms with Crippen molar-refractivity contribution >= 4 is 11.8 Å². The van der Waals surface area contributed by atoms with Gasteiger partial charge in [-0.2, -0.15) is 18.4 Å². The van der Waals surface area contributed by atoms with Gasteiger partial charge >= 0.3 is 12.1 Å². The van der Waals surface area contributed by atoms with Gasteiger partial charge in [0.15, 0.2) is 5.76 Å². The Morgan fingerprint density at radius 1 is 1.13 bits per heavy atom. The maximum absolute atomic E-state index is 13.2. The lowest BCUT2D eigenvalue weighted by molar-refractivity contribution is -0.190. The minimum absolute atomic E-state index is 0.176. The van der Waals surface area contributed by atoms with Crippen molar-refractivity contribution in [2.75, 3.05) is 13.2 Å². The van der Waals surface area contributed by atoms with Crippen molar-refractivity contribution in [2.24, 2.45) is 0 Å². The molecule has 3 aromatic rings. The minimum atomic E-state index is -4.96. The molecule has 2 heterocycles. The molecule has 1 unspecified atom stereocenters. The molecule has 0 bridgehead atoms. The van der Waals surface area contributed by atoms with Crippen molar-refractivity contribution in [3.05, 3.63) is 65.7 Å². The predicted molar refractivity (Wildman–Crippen MR) is 130 cm³/mol. The fourth-order valence-electron chi connectivity index (χ4n) is 4.18. The zero-order valence-electron chi connectivity index (χ0n) is 20.5. The van der Waals surface area contributed by atoms with E-state index < -0.39 is 24.2 Å². The first-order valence-corrected chi connectivity index (χ1v) is 12.0. The standard InChI is InChI=1S/C27H25F3N4O4/c1-17(15-31)32-25(35)21-4-2-3-20(13-21)23-14-24(38-33-23)19-7-5-18(6-8-19)16-34(26(36)27(28,29)30)22-9-11-37-12-10-22/h2-8,13-14,17,22H,9-12,16H2,1H3,(H,32,35). The van der Waals surface area contributed by atoms with Crippen LogP contribution in [0.4, 0.5) is 13.2 Å². The number of carbonyl (C=O) groups excluding carboxylic acids is 2. The van der Waals surface area contributed by atoms with Gasteiger partial charge in [0.2, 0.25) is 0 Å². The number of nitrogens with zero attached hydrogens (tertiary/aromatic N) is 3. The van der Waals surface area contributed by atoms with Crippen LogP contribution in [0.3, 0.4) is 0 Å². The van der Waals surface area contributed by atoms with E-state index in [4.69, 9.17) is 14.5 Å². The number of rotatable bonds is 7. The Kier molecular flexibility index (Phi) is 8.12. The zero-order chi connectivity index (χ0) is 27.3. The molecular weight excluding hydrogens is 501 g/mol. The molecule has 198 valence electrons. The summed E-state index contributed by atoms with van der Waals surface area (Å²) in [6.07, 6.45) is -4.26. The molecule has 0 spiro atoms. The van der Waals surface area contributed by atoms with Gasteiger partial charge in [-0.25, -0.2) is 0 Å². The Labute approximate surface area is 217 Å². The first-order chi connectivity index (χ1) is 18.2. The van der Waals surface area contributed by atoms with Crippen molar-refractivity contribution in [3.8, 4) is 28.7 Å². The van der Waals surface area contributed by atoms with Gasteiger partial charge in [0.25, 0.3) is 5.91 Å². The molecule has 2 amide bonds. The van der Waals surface area contributed by atoms with Crippen LogP contribution in [0.15, 0.2) is 59.1 Å². The first kappa shape index (κ1) is 26.9. The number of nitriles is 1. The zero-order valence-corrected chi connectivity index (χ0v) is 20.5. The van der Waals surface area contributed by atoms with E-state index in [1.165, 1.54) is 0 Å². The molecule has 1 atom stereocenters. The number of hydrogen-bond acceptors (Lipinski definition) is 6. The van der Waals surface area contributed by atoms with E-state index in [9.17, 15) is 22.8 Å². The molecule has 8 nitrogen and oxygen atoms in total. The fourth-order valence-corrected chi connectivity index (χ4v) is 4.18. The van der Waals surface area contributed by atoms with Gasteiger partial charge in [0, 0.05) is 48.6 Å². The Bertz CT molecular complexity index is 1330. The number of hydrogen-bond donors (Lipinski definition) is 1. The Morgan fingerprint density at radius 2 is 1.84 bits per heavy atom. The van der Waals surface area contributed by atoms with Gasteiger partial charge in [-0.1, -0.05) is 41.6 Å². The van der Waals surface area contributed by atoms with Crippen molar-refractivity contribution in [2.45, 2.75) is 44.6 Å². The third-order valence-corrected chi connectivity index (χ3v) is 6.20. The topological polar surface area (TPSA) is 108 Å². The van der Waals surface area contributed by atoms with E-state index in [1.807, 2.05) is 6.07 Å². The Morgan fingerprint density at radius 3 is 2.50 bits per heavy atom. The maximum Gasteiger partial charge on any atom is 0.471 e.